The maximum atomic E-state index is 11.6. The molecule has 4 N–H and O–H groups in total. The third-order valence-electron chi connectivity index (χ3n) is 10.5. The van der Waals surface area contributed by atoms with Crippen molar-refractivity contribution in [1.82, 2.24) is 0 Å². The Balaban J connectivity index is 1.62. The summed E-state index contributed by atoms with van der Waals surface area (Å²) in [7, 11) is 0. The standard InChI is InChI=1S/C27H46O4/c1-16(2)7-6-8-17(3)20-9-10-21-19-13-23(30)27(31)14-18(28)11-12-26(27,5)24(19)22(29)15-25(20,21)4/h6,8,16-24,28-31H,7,9-15H2,1-5H3/b8-6+/t17-,18+,19+,20-,21+,22-,23-,24-,25-,26-,27+/m1/s1. The second kappa shape index (κ2) is 8.11. The van der Waals surface area contributed by atoms with E-state index in [0.717, 1.165) is 19.3 Å². The molecule has 4 nitrogen and oxygen atoms in total. The molecule has 4 aliphatic carbocycles. The van der Waals surface area contributed by atoms with Crippen molar-refractivity contribution >= 4 is 0 Å². The van der Waals surface area contributed by atoms with E-state index in [1.807, 2.05) is 0 Å². The van der Waals surface area contributed by atoms with Crippen LogP contribution < -0.4 is 0 Å². The molecule has 0 bridgehead atoms. The second-order valence-electron chi connectivity index (χ2n) is 12.7. The number of aliphatic hydroxyl groups excluding tert-OH is 3. The van der Waals surface area contributed by atoms with E-state index in [2.05, 4.69) is 46.8 Å². The van der Waals surface area contributed by atoms with Crippen LogP contribution in [0.4, 0.5) is 0 Å². The van der Waals surface area contributed by atoms with Crippen LogP contribution in [0.15, 0.2) is 12.2 Å². The van der Waals surface area contributed by atoms with E-state index in [4.69, 9.17) is 0 Å². The normalized spacial score (nSPS) is 53.3. The molecule has 0 radical (unpaired) electrons. The summed E-state index contributed by atoms with van der Waals surface area (Å²) in [6.07, 6.45) is 9.20. The molecule has 4 rings (SSSR count). The van der Waals surface area contributed by atoms with Gasteiger partial charge in [0.1, 0.15) is 0 Å². The lowest BCUT2D eigenvalue weighted by Crippen LogP contribution is -2.71. The first kappa shape index (κ1) is 23.7. The highest BCUT2D eigenvalue weighted by Crippen LogP contribution is 2.69. The van der Waals surface area contributed by atoms with E-state index in [-0.39, 0.29) is 23.7 Å². The smallest absolute Gasteiger partial charge is 0.0986 e. The van der Waals surface area contributed by atoms with Gasteiger partial charge in [0.2, 0.25) is 0 Å². The molecule has 4 fully saturated rings. The summed E-state index contributed by atoms with van der Waals surface area (Å²) in [4.78, 5) is 0. The summed E-state index contributed by atoms with van der Waals surface area (Å²) in [5.41, 5.74) is -1.77. The van der Waals surface area contributed by atoms with Crippen molar-refractivity contribution in [3.8, 4) is 0 Å². The topological polar surface area (TPSA) is 80.9 Å². The highest BCUT2D eigenvalue weighted by atomic mass is 16.3. The van der Waals surface area contributed by atoms with Gasteiger partial charge in [-0.05, 0) is 85.9 Å². The van der Waals surface area contributed by atoms with Gasteiger partial charge in [0.05, 0.1) is 23.9 Å². The summed E-state index contributed by atoms with van der Waals surface area (Å²) in [6.45, 7) is 11.3. The molecule has 178 valence electrons. The third kappa shape index (κ3) is 3.55. The van der Waals surface area contributed by atoms with Crippen molar-refractivity contribution in [2.75, 3.05) is 0 Å². The summed E-state index contributed by atoms with van der Waals surface area (Å²) >= 11 is 0. The van der Waals surface area contributed by atoms with Crippen LogP contribution >= 0.6 is 0 Å². The zero-order valence-corrected chi connectivity index (χ0v) is 20.3. The predicted molar refractivity (Wildman–Crippen MR) is 123 cm³/mol. The van der Waals surface area contributed by atoms with Crippen molar-refractivity contribution in [1.29, 1.82) is 0 Å². The quantitative estimate of drug-likeness (QED) is 0.497. The van der Waals surface area contributed by atoms with Gasteiger partial charge in [0, 0.05) is 11.8 Å². The number of hydrogen-bond donors (Lipinski definition) is 4. The summed E-state index contributed by atoms with van der Waals surface area (Å²) in [5, 5.41) is 44.6. The number of allylic oxidation sites excluding steroid dienone is 2. The van der Waals surface area contributed by atoms with Crippen molar-refractivity contribution in [3.63, 3.8) is 0 Å². The molecule has 0 aromatic heterocycles. The zero-order valence-electron chi connectivity index (χ0n) is 20.3. The van der Waals surface area contributed by atoms with Gasteiger partial charge in [0.25, 0.3) is 0 Å². The lowest BCUT2D eigenvalue weighted by atomic mass is 9.41. The molecule has 0 heterocycles. The van der Waals surface area contributed by atoms with E-state index in [0.29, 0.717) is 42.9 Å². The van der Waals surface area contributed by atoms with E-state index in [9.17, 15) is 20.4 Å². The maximum absolute atomic E-state index is 11.6. The lowest BCUT2D eigenvalue weighted by Gasteiger charge is -2.66. The SMILES string of the molecule is CC(C)C/C=C/[C@@H](C)[C@H]1CC[C@H]2[C@@H]3C[C@@H](O)[C@@]4(O)C[C@@H](O)CC[C@]4(C)[C@H]3[C@H](O)C[C@]12C. The molecule has 4 aliphatic rings. The Bertz CT molecular complexity index is 691. The Morgan fingerprint density at radius 2 is 1.71 bits per heavy atom. The van der Waals surface area contributed by atoms with E-state index in [1.54, 1.807) is 0 Å². The molecule has 4 saturated carbocycles. The molecule has 0 unspecified atom stereocenters. The maximum Gasteiger partial charge on any atom is 0.0986 e. The Morgan fingerprint density at radius 1 is 1.00 bits per heavy atom. The van der Waals surface area contributed by atoms with Gasteiger partial charge in [-0.3, -0.25) is 0 Å². The number of aliphatic hydroxyl groups is 4. The monoisotopic (exact) mass is 434 g/mol. The van der Waals surface area contributed by atoms with Crippen LogP contribution in [0, 0.1) is 46.3 Å². The Labute approximate surface area is 189 Å². The molecule has 11 atom stereocenters. The largest absolute Gasteiger partial charge is 0.393 e. The first-order chi connectivity index (χ1) is 14.4. The van der Waals surface area contributed by atoms with Gasteiger partial charge < -0.3 is 20.4 Å². The number of rotatable bonds is 4. The fraction of sp³-hybridized carbons (Fsp3) is 0.926. The van der Waals surface area contributed by atoms with E-state index >= 15 is 0 Å². The van der Waals surface area contributed by atoms with Gasteiger partial charge in [-0.15, -0.1) is 0 Å². The number of hydrogen-bond acceptors (Lipinski definition) is 4. The average Bonchev–Trinajstić information content (AvgIpc) is 3.00. The lowest BCUT2D eigenvalue weighted by molar-refractivity contribution is -0.282. The molecule has 0 amide bonds. The fourth-order valence-electron chi connectivity index (χ4n) is 8.99. The first-order valence-corrected chi connectivity index (χ1v) is 12.9. The Kier molecular flexibility index (Phi) is 6.21. The van der Waals surface area contributed by atoms with Gasteiger partial charge in [-0.25, -0.2) is 0 Å². The molecule has 0 saturated heterocycles. The molecular formula is C27H46O4. The second-order valence-corrected chi connectivity index (χ2v) is 12.7. The number of fused-ring (bicyclic) bond motifs is 5. The minimum atomic E-state index is -1.30. The van der Waals surface area contributed by atoms with E-state index < -0.39 is 29.3 Å². The van der Waals surface area contributed by atoms with Crippen molar-refractivity contribution in [2.45, 2.75) is 110 Å². The zero-order chi connectivity index (χ0) is 22.8. The first-order valence-electron chi connectivity index (χ1n) is 12.9. The van der Waals surface area contributed by atoms with Crippen LogP contribution in [0.1, 0.15) is 86.0 Å². The highest BCUT2D eigenvalue weighted by molar-refractivity contribution is 5.19. The molecular weight excluding hydrogens is 388 g/mol. The van der Waals surface area contributed by atoms with Crippen molar-refractivity contribution in [2.24, 2.45) is 46.3 Å². The van der Waals surface area contributed by atoms with Crippen LogP contribution in [-0.4, -0.2) is 44.3 Å². The molecule has 0 spiro atoms. The van der Waals surface area contributed by atoms with E-state index in [1.165, 1.54) is 6.42 Å². The minimum absolute atomic E-state index is 0.00276. The van der Waals surface area contributed by atoms with Gasteiger partial charge in [-0.1, -0.05) is 46.8 Å². The van der Waals surface area contributed by atoms with Crippen LogP contribution in [0.2, 0.25) is 0 Å². The molecule has 4 heteroatoms. The third-order valence-corrected chi connectivity index (χ3v) is 10.5. The Hall–Kier alpha value is -0.420. The molecule has 0 aliphatic heterocycles. The van der Waals surface area contributed by atoms with Crippen LogP contribution in [0.3, 0.4) is 0 Å². The fourth-order valence-corrected chi connectivity index (χ4v) is 8.99. The van der Waals surface area contributed by atoms with Gasteiger partial charge in [-0.2, -0.15) is 0 Å². The van der Waals surface area contributed by atoms with Gasteiger partial charge in [0.15, 0.2) is 0 Å². The molecule has 0 aromatic rings. The predicted octanol–water partition coefficient (Wildman–Crippen LogP) is 4.30. The molecule has 31 heavy (non-hydrogen) atoms. The van der Waals surface area contributed by atoms with Crippen LogP contribution in [-0.2, 0) is 0 Å². The summed E-state index contributed by atoms with van der Waals surface area (Å²) in [5.74, 6) is 2.43. The highest BCUT2D eigenvalue weighted by Gasteiger charge is 2.69. The van der Waals surface area contributed by atoms with Crippen LogP contribution in [0.5, 0.6) is 0 Å². The molecule has 0 aromatic carbocycles. The summed E-state index contributed by atoms with van der Waals surface area (Å²) in [6, 6.07) is 0. The summed E-state index contributed by atoms with van der Waals surface area (Å²) < 4.78 is 0. The minimum Gasteiger partial charge on any atom is -0.393 e. The van der Waals surface area contributed by atoms with Gasteiger partial charge >= 0.3 is 0 Å². The Morgan fingerprint density at radius 3 is 2.39 bits per heavy atom. The van der Waals surface area contributed by atoms with Crippen molar-refractivity contribution in [3.05, 3.63) is 12.2 Å². The average molecular weight is 435 g/mol. The van der Waals surface area contributed by atoms with Crippen LogP contribution in [0.25, 0.3) is 0 Å². The van der Waals surface area contributed by atoms with Crippen molar-refractivity contribution < 1.29 is 20.4 Å².